The molecular formula is C25H22ClNO2. The largest absolute Gasteiger partial charge is 0.503 e. The predicted octanol–water partition coefficient (Wildman–Crippen LogP) is 5.96. The van der Waals surface area contributed by atoms with Crippen LogP contribution in [0.4, 0.5) is 0 Å². The summed E-state index contributed by atoms with van der Waals surface area (Å²) in [7, 11) is 0. The molecule has 0 saturated carbocycles. The Kier molecular flexibility index (Phi) is 5.41. The highest BCUT2D eigenvalue weighted by atomic mass is 35.5. The number of aliphatic hydroxyl groups is 1. The zero-order valence-corrected chi connectivity index (χ0v) is 16.9. The molecule has 1 N–H and O–H groups in total. The molecule has 0 saturated heterocycles. The molecule has 4 heteroatoms. The van der Waals surface area contributed by atoms with Crippen LogP contribution in [0.15, 0.2) is 84.6 Å². The second-order valence-electron chi connectivity index (χ2n) is 7.19. The summed E-state index contributed by atoms with van der Waals surface area (Å²) in [6.07, 6.45) is 0.949. The average molecular weight is 404 g/mol. The fraction of sp³-hybridized carbons (Fsp3) is 0.160. The standard InChI is InChI=1S/C25H22ClNO2/c1-2-17-8-12-20(13-9-17)23-22(19-6-4-3-5-7-19)24(28)25(29)27(23)16-18-10-14-21(26)15-11-18/h3-15,23,28H,2,16H2,1H3/t23-/m1/s1. The molecule has 1 atom stereocenters. The van der Waals surface area contributed by atoms with E-state index in [4.69, 9.17) is 11.6 Å². The molecular weight excluding hydrogens is 382 g/mol. The van der Waals surface area contributed by atoms with Crippen molar-refractivity contribution in [3.63, 3.8) is 0 Å². The Morgan fingerprint density at radius 2 is 1.52 bits per heavy atom. The minimum atomic E-state index is -0.358. The van der Waals surface area contributed by atoms with Crippen molar-refractivity contribution in [2.24, 2.45) is 0 Å². The zero-order valence-electron chi connectivity index (χ0n) is 16.2. The van der Waals surface area contributed by atoms with E-state index in [-0.39, 0.29) is 17.7 Å². The Hall–Kier alpha value is -3.04. The Morgan fingerprint density at radius 3 is 2.14 bits per heavy atom. The molecule has 29 heavy (non-hydrogen) atoms. The highest BCUT2D eigenvalue weighted by Crippen LogP contribution is 2.43. The smallest absolute Gasteiger partial charge is 0.290 e. The monoisotopic (exact) mass is 403 g/mol. The van der Waals surface area contributed by atoms with Crippen LogP contribution in [0.25, 0.3) is 5.57 Å². The quantitative estimate of drug-likeness (QED) is 0.571. The topological polar surface area (TPSA) is 40.5 Å². The molecule has 4 rings (SSSR count). The molecule has 0 spiro atoms. The van der Waals surface area contributed by atoms with Gasteiger partial charge in [-0.05, 0) is 40.8 Å². The van der Waals surface area contributed by atoms with Gasteiger partial charge in [0.05, 0.1) is 6.04 Å². The Labute approximate surface area is 175 Å². The van der Waals surface area contributed by atoms with E-state index in [2.05, 4.69) is 19.1 Å². The Bertz CT molecular complexity index is 1040. The van der Waals surface area contributed by atoms with Crippen LogP contribution in [-0.2, 0) is 17.8 Å². The second-order valence-corrected chi connectivity index (χ2v) is 7.62. The van der Waals surface area contributed by atoms with Crippen molar-refractivity contribution in [2.75, 3.05) is 0 Å². The third-order valence-corrected chi connectivity index (χ3v) is 5.61. The number of rotatable bonds is 5. The molecule has 0 bridgehead atoms. The van der Waals surface area contributed by atoms with E-state index in [9.17, 15) is 9.90 Å². The van der Waals surface area contributed by atoms with Gasteiger partial charge in [-0.25, -0.2) is 0 Å². The molecule has 0 unspecified atom stereocenters. The third kappa shape index (κ3) is 3.79. The third-order valence-electron chi connectivity index (χ3n) is 5.36. The molecule has 3 aromatic carbocycles. The van der Waals surface area contributed by atoms with Crippen molar-refractivity contribution in [2.45, 2.75) is 25.9 Å². The lowest BCUT2D eigenvalue weighted by atomic mass is 9.92. The summed E-state index contributed by atoms with van der Waals surface area (Å²) in [5.41, 5.74) is 4.67. The number of aliphatic hydroxyl groups excluding tert-OH is 1. The normalized spacial score (nSPS) is 16.6. The molecule has 1 aliphatic heterocycles. The summed E-state index contributed by atoms with van der Waals surface area (Å²) >= 11 is 6.01. The van der Waals surface area contributed by atoms with Crippen LogP contribution in [0.1, 0.15) is 35.2 Å². The zero-order chi connectivity index (χ0) is 20.4. The minimum absolute atomic E-state index is 0.185. The van der Waals surface area contributed by atoms with Gasteiger partial charge in [0, 0.05) is 17.1 Å². The summed E-state index contributed by atoms with van der Waals surface area (Å²) in [5, 5.41) is 11.5. The van der Waals surface area contributed by atoms with E-state index >= 15 is 0 Å². The Balaban J connectivity index is 1.79. The number of benzene rings is 3. The second kappa shape index (κ2) is 8.14. The number of carbonyl (C=O) groups is 1. The van der Waals surface area contributed by atoms with Crippen LogP contribution in [0, 0.1) is 0 Å². The van der Waals surface area contributed by atoms with Gasteiger partial charge in [-0.1, -0.05) is 85.3 Å². The SMILES string of the molecule is CCc1ccc([C@@H]2C(c3ccccc3)=C(O)C(=O)N2Cc2ccc(Cl)cc2)cc1. The van der Waals surface area contributed by atoms with Crippen molar-refractivity contribution in [1.82, 2.24) is 4.90 Å². The van der Waals surface area contributed by atoms with Crippen molar-refractivity contribution < 1.29 is 9.90 Å². The molecule has 1 aliphatic rings. The van der Waals surface area contributed by atoms with Gasteiger partial charge in [0.25, 0.3) is 5.91 Å². The number of amides is 1. The van der Waals surface area contributed by atoms with E-state index in [1.165, 1.54) is 5.56 Å². The van der Waals surface area contributed by atoms with Crippen molar-refractivity contribution >= 4 is 23.1 Å². The van der Waals surface area contributed by atoms with Crippen molar-refractivity contribution in [3.05, 3.63) is 112 Å². The summed E-state index contributed by atoms with van der Waals surface area (Å²) in [6.45, 7) is 2.50. The van der Waals surface area contributed by atoms with Crippen molar-refractivity contribution in [3.8, 4) is 0 Å². The van der Waals surface area contributed by atoms with E-state index in [1.807, 2.05) is 66.7 Å². The number of carbonyl (C=O) groups excluding carboxylic acids is 1. The lowest BCUT2D eigenvalue weighted by Gasteiger charge is -2.27. The van der Waals surface area contributed by atoms with Crippen LogP contribution in [0.5, 0.6) is 0 Å². The number of aryl methyl sites for hydroxylation is 1. The molecule has 3 nitrogen and oxygen atoms in total. The maximum Gasteiger partial charge on any atom is 0.290 e. The van der Waals surface area contributed by atoms with Gasteiger partial charge in [-0.3, -0.25) is 4.79 Å². The number of hydrogen-bond acceptors (Lipinski definition) is 2. The fourth-order valence-corrected chi connectivity index (χ4v) is 3.92. The summed E-state index contributed by atoms with van der Waals surface area (Å²) in [6, 6.07) is 25.0. The van der Waals surface area contributed by atoms with E-state index in [0.717, 1.165) is 23.1 Å². The van der Waals surface area contributed by atoms with Crippen LogP contribution in [0.3, 0.4) is 0 Å². The minimum Gasteiger partial charge on any atom is -0.503 e. The molecule has 0 fully saturated rings. The van der Waals surface area contributed by atoms with E-state index < -0.39 is 0 Å². The first-order chi connectivity index (χ1) is 14.1. The van der Waals surface area contributed by atoms with Crippen LogP contribution < -0.4 is 0 Å². The molecule has 0 aliphatic carbocycles. The Morgan fingerprint density at radius 1 is 0.897 bits per heavy atom. The number of nitrogens with zero attached hydrogens (tertiary/aromatic N) is 1. The maximum absolute atomic E-state index is 13.1. The van der Waals surface area contributed by atoms with Crippen LogP contribution in [-0.4, -0.2) is 15.9 Å². The molecule has 0 aromatic heterocycles. The van der Waals surface area contributed by atoms with Crippen LogP contribution >= 0.6 is 11.6 Å². The summed E-state index contributed by atoms with van der Waals surface area (Å²) < 4.78 is 0. The number of halogens is 1. The highest BCUT2D eigenvalue weighted by Gasteiger charge is 2.40. The van der Waals surface area contributed by atoms with Gasteiger partial charge in [0.2, 0.25) is 0 Å². The van der Waals surface area contributed by atoms with Crippen LogP contribution in [0.2, 0.25) is 5.02 Å². The highest BCUT2D eigenvalue weighted by molar-refractivity contribution is 6.30. The molecule has 1 heterocycles. The lowest BCUT2D eigenvalue weighted by molar-refractivity contribution is -0.130. The van der Waals surface area contributed by atoms with E-state index in [0.29, 0.717) is 17.1 Å². The lowest BCUT2D eigenvalue weighted by Crippen LogP contribution is -2.29. The van der Waals surface area contributed by atoms with Gasteiger partial charge in [0.15, 0.2) is 5.76 Å². The van der Waals surface area contributed by atoms with Gasteiger partial charge < -0.3 is 10.0 Å². The first-order valence-corrected chi connectivity index (χ1v) is 10.1. The van der Waals surface area contributed by atoms with Gasteiger partial charge in [0.1, 0.15) is 0 Å². The first-order valence-electron chi connectivity index (χ1n) is 9.71. The fourth-order valence-electron chi connectivity index (χ4n) is 3.80. The summed E-state index contributed by atoms with van der Waals surface area (Å²) in [4.78, 5) is 14.8. The molecule has 3 aromatic rings. The van der Waals surface area contributed by atoms with Gasteiger partial charge >= 0.3 is 0 Å². The average Bonchev–Trinajstić information content (AvgIpc) is 3.01. The number of hydrogen-bond donors (Lipinski definition) is 1. The predicted molar refractivity (Wildman–Crippen MR) is 117 cm³/mol. The maximum atomic E-state index is 13.1. The first kappa shape index (κ1) is 19.3. The molecule has 146 valence electrons. The van der Waals surface area contributed by atoms with E-state index in [1.54, 1.807) is 4.90 Å². The molecule has 1 amide bonds. The summed E-state index contributed by atoms with van der Waals surface area (Å²) in [5.74, 6) is -0.543. The van der Waals surface area contributed by atoms with Crippen molar-refractivity contribution in [1.29, 1.82) is 0 Å². The van der Waals surface area contributed by atoms with Gasteiger partial charge in [-0.15, -0.1) is 0 Å². The van der Waals surface area contributed by atoms with Gasteiger partial charge in [-0.2, -0.15) is 0 Å². The molecule has 0 radical (unpaired) electrons.